The average Bonchev–Trinajstić information content (AvgIpc) is 3.01. The summed E-state index contributed by atoms with van der Waals surface area (Å²) in [4.78, 5) is 14.5. The van der Waals surface area contributed by atoms with Crippen LogP contribution in [0.25, 0.3) is 0 Å². The van der Waals surface area contributed by atoms with E-state index in [4.69, 9.17) is 0 Å². The number of piperidine rings is 1. The molecule has 17 heavy (non-hydrogen) atoms. The third-order valence-electron chi connectivity index (χ3n) is 5.17. The maximum Gasteiger partial charge on any atom is 0.225 e. The molecule has 3 aliphatic rings. The molecule has 0 unspecified atom stereocenters. The Bertz CT molecular complexity index is 281. The highest BCUT2D eigenvalue weighted by Crippen LogP contribution is 2.38. The van der Waals surface area contributed by atoms with Crippen molar-refractivity contribution in [1.29, 1.82) is 0 Å². The lowest BCUT2D eigenvalue weighted by Gasteiger charge is -2.39. The van der Waals surface area contributed by atoms with Crippen LogP contribution in [0.4, 0.5) is 0 Å². The molecule has 1 saturated carbocycles. The van der Waals surface area contributed by atoms with Crippen molar-refractivity contribution in [2.24, 2.45) is 11.3 Å². The minimum atomic E-state index is 0.366. The maximum atomic E-state index is 12.3. The quantitative estimate of drug-likeness (QED) is 0.752. The molecule has 1 amide bonds. The molecule has 0 atom stereocenters. The van der Waals surface area contributed by atoms with E-state index in [-0.39, 0.29) is 0 Å². The standard InChI is InChI=1S/C14H24N2O/c17-13(12-3-1-2-4-12)16-9-6-14(7-10-16)5-8-15-11-14/h12,15H,1-11H2. The van der Waals surface area contributed by atoms with Crippen LogP contribution in [0.2, 0.25) is 0 Å². The van der Waals surface area contributed by atoms with Crippen molar-refractivity contribution >= 4 is 5.91 Å². The summed E-state index contributed by atoms with van der Waals surface area (Å²) in [6.07, 6.45) is 8.57. The fourth-order valence-electron chi connectivity index (χ4n) is 3.85. The third-order valence-corrected chi connectivity index (χ3v) is 5.17. The molecule has 1 spiro atoms. The number of likely N-dealkylation sites (tertiary alicyclic amines) is 1. The van der Waals surface area contributed by atoms with Gasteiger partial charge in [-0.05, 0) is 44.1 Å². The summed E-state index contributed by atoms with van der Waals surface area (Å²) in [5, 5.41) is 3.48. The molecule has 0 aromatic heterocycles. The Kier molecular flexibility index (Phi) is 3.12. The molecule has 96 valence electrons. The lowest BCUT2D eigenvalue weighted by Crippen LogP contribution is -2.45. The molecule has 3 rings (SSSR count). The number of carbonyl (C=O) groups is 1. The molecule has 0 radical (unpaired) electrons. The zero-order valence-corrected chi connectivity index (χ0v) is 10.7. The van der Waals surface area contributed by atoms with Gasteiger partial charge in [-0.25, -0.2) is 0 Å². The first-order valence-corrected chi connectivity index (χ1v) is 7.29. The Morgan fingerprint density at radius 1 is 1.12 bits per heavy atom. The van der Waals surface area contributed by atoms with Gasteiger partial charge in [0.05, 0.1) is 0 Å². The molecule has 1 aliphatic carbocycles. The van der Waals surface area contributed by atoms with Gasteiger partial charge in [-0.15, -0.1) is 0 Å². The first-order chi connectivity index (χ1) is 8.29. The monoisotopic (exact) mass is 236 g/mol. The molecule has 3 nitrogen and oxygen atoms in total. The number of hydrogen-bond acceptors (Lipinski definition) is 2. The second-order valence-corrected chi connectivity index (χ2v) is 6.23. The van der Waals surface area contributed by atoms with Crippen LogP contribution in [0.1, 0.15) is 44.9 Å². The van der Waals surface area contributed by atoms with Crippen LogP contribution < -0.4 is 5.32 Å². The summed E-state index contributed by atoms with van der Waals surface area (Å²) >= 11 is 0. The van der Waals surface area contributed by atoms with Crippen molar-refractivity contribution in [2.45, 2.75) is 44.9 Å². The molecule has 2 heterocycles. The van der Waals surface area contributed by atoms with E-state index in [1.807, 2.05) is 0 Å². The van der Waals surface area contributed by atoms with E-state index in [0.717, 1.165) is 25.9 Å². The molecule has 3 fully saturated rings. The molecule has 2 saturated heterocycles. The van der Waals surface area contributed by atoms with Gasteiger partial charge in [-0.1, -0.05) is 12.8 Å². The lowest BCUT2D eigenvalue weighted by molar-refractivity contribution is -0.137. The maximum absolute atomic E-state index is 12.3. The van der Waals surface area contributed by atoms with Gasteiger partial charge >= 0.3 is 0 Å². The SMILES string of the molecule is O=C(C1CCCC1)N1CCC2(CCNC2)CC1. The fraction of sp³-hybridized carbons (Fsp3) is 0.929. The third kappa shape index (κ3) is 2.22. The number of carbonyl (C=O) groups excluding carboxylic acids is 1. The zero-order chi connectivity index (χ0) is 11.7. The Hall–Kier alpha value is -0.570. The summed E-state index contributed by atoms with van der Waals surface area (Å²) in [5.41, 5.74) is 0.534. The van der Waals surface area contributed by atoms with Crippen LogP contribution in [0.15, 0.2) is 0 Å². The highest BCUT2D eigenvalue weighted by molar-refractivity contribution is 5.79. The van der Waals surface area contributed by atoms with Crippen molar-refractivity contribution in [2.75, 3.05) is 26.2 Å². The second-order valence-electron chi connectivity index (χ2n) is 6.23. The number of rotatable bonds is 1. The van der Waals surface area contributed by atoms with E-state index in [9.17, 15) is 4.79 Å². The smallest absolute Gasteiger partial charge is 0.225 e. The second kappa shape index (κ2) is 4.60. The van der Waals surface area contributed by atoms with E-state index in [2.05, 4.69) is 10.2 Å². The molecule has 3 heteroatoms. The largest absolute Gasteiger partial charge is 0.342 e. The Morgan fingerprint density at radius 3 is 2.41 bits per heavy atom. The topological polar surface area (TPSA) is 32.3 Å². The minimum absolute atomic E-state index is 0.366. The van der Waals surface area contributed by atoms with E-state index < -0.39 is 0 Å². The van der Waals surface area contributed by atoms with E-state index in [0.29, 0.717) is 17.2 Å². The average molecular weight is 236 g/mol. The summed E-state index contributed by atoms with van der Waals surface area (Å²) in [7, 11) is 0. The number of amides is 1. The molecule has 0 aromatic rings. The van der Waals surface area contributed by atoms with Crippen molar-refractivity contribution in [1.82, 2.24) is 10.2 Å². The highest BCUT2D eigenvalue weighted by atomic mass is 16.2. The van der Waals surface area contributed by atoms with Crippen molar-refractivity contribution < 1.29 is 4.79 Å². The Balaban J connectivity index is 1.55. The number of nitrogens with one attached hydrogen (secondary N) is 1. The van der Waals surface area contributed by atoms with Gasteiger partial charge in [0, 0.05) is 25.6 Å². The van der Waals surface area contributed by atoms with Gasteiger partial charge in [0.1, 0.15) is 0 Å². The summed E-state index contributed by atoms with van der Waals surface area (Å²) in [5.74, 6) is 0.828. The van der Waals surface area contributed by atoms with Crippen LogP contribution in [0.5, 0.6) is 0 Å². The Labute approximate surface area is 104 Å². The van der Waals surface area contributed by atoms with Crippen molar-refractivity contribution in [3.05, 3.63) is 0 Å². The van der Waals surface area contributed by atoms with Gasteiger partial charge in [-0.3, -0.25) is 4.79 Å². The summed E-state index contributed by atoms with van der Waals surface area (Å²) in [6, 6.07) is 0. The van der Waals surface area contributed by atoms with E-state index in [1.54, 1.807) is 0 Å². The van der Waals surface area contributed by atoms with Gasteiger partial charge in [0.25, 0.3) is 0 Å². The van der Waals surface area contributed by atoms with Gasteiger partial charge < -0.3 is 10.2 Å². The number of hydrogen-bond donors (Lipinski definition) is 1. The van der Waals surface area contributed by atoms with E-state index in [1.165, 1.54) is 45.2 Å². The molecule has 2 aliphatic heterocycles. The Morgan fingerprint density at radius 2 is 1.82 bits per heavy atom. The molecular weight excluding hydrogens is 212 g/mol. The minimum Gasteiger partial charge on any atom is -0.342 e. The predicted molar refractivity (Wildman–Crippen MR) is 67.7 cm³/mol. The summed E-state index contributed by atoms with van der Waals surface area (Å²) in [6.45, 7) is 4.38. The van der Waals surface area contributed by atoms with Crippen LogP contribution in [0, 0.1) is 11.3 Å². The zero-order valence-electron chi connectivity index (χ0n) is 10.7. The van der Waals surface area contributed by atoms with Gasteiger partial charge in [0.15, 0.2) is 0 Å². The summed E-state index contributed by atoms with van der Waals surface area (Å²) < 4.78 is 0. The number of nitrogens with zero attached hydrogens (tertiary/aromatic N) is 1. The molecule has 1 N–H and O–H groups in total. The van der Waals surface area contributed by atoms with Gasteiger partial charge in [0.2, 0.25) is 5.91 Å². The first-order valence-electron chi connectivity index (χ1n) is 7.29. The molecule has 0 bridgehead atoms. The van der Waals surface area contributed by atoms with Crippen molar-refractivity contribution in [3.8, 4) is 0 Å². The fourth-order valence-corrected chi connectivity index (χ4v) is 3.85. The highest BCUT2D eigenvalue weighted by Gasteiger charge is 2.39. The van der Waals surface area contributed by atoms with Gasteiger partial charge in [-0.2, -0.15) is 0 Å². The predicted octanol–water partition coefficient (Wildman–Crippen LogP) is 1.78. The molecular formula is C14H24N2O. The normalized spacial score (nSPS) is 29.1. The lowest BCUT2D eigenvalue weighted by atomic mass is 9.77. The van der Waals surface area contributed by atoms with Crippen LogP contribution in [-0.4, -0.2) is 37.0 Å². The van der Waals surface area contributed by atoms with Crippen molar-refractivity contribution in [3.63, 3.8) is 0 Å². The van der Waals surface area contributed by atoms with E-state index >= 15 is 0 Å². The molecule has 0 aromatic carbocycles. The van der Waals surface area contributed by atoms with Crippen LogP contribution in [0.3, 0.4) is 0 Å². The van der Waals surface area contributed by atoms with Crippen LogP contribution in [-0.2, 0) is 4.79 Å². The first kappa shape index (κ1) is 11.5. The van der Waals surface area contributed by atoms with Crippen LogP contribution >= 0.6 is 0 Å².